The van der Waals surface area contributed by atoms with E-state index in [2.05, 4.69) is 20.9 Å². The Labute approximate surface area is 216 Å². The van der Waals surface area contributed by atoms with E-state index in [1.54, 1.807) is 0 Å². The number of nitrogens with one attached hydrogen (secondary N) is 2. The fourth-order valence-electron chi connectivity index (χ4n) is 3.75. The zero-order valence-electron chi connectivity index (χ0n) is 20.3. The van der Waals surface area contributed by atoms with Gasteiger partial charge >= 0.3 is 12.1 Å². The largest absolute Gasteiger partial charge is 0.846 e. The van der Waals surface area contributed by atoms with Crippen LogP contribution >= 0.6 is 0 Å². The summed E-state index contributed by atoms with van der Waals surface area (Å²) in [6.07, 6.45) is -2.67. The Morgan fingerprint density at radius 2 is 1.76 bits per heavy atom. The molecule has 196 valence electrons. The summed E-state index contributed by atoms with van der Waals surface area (Å²) in [5.41, 5.74) is 2.18. The Morgan fingerprint density at radius 3 is 2.45 bits per heavy atom. The first-order chi connectivity index (χ1) is 18.2. The Hall–Kier alpha value is -4.67. The van der Waals surface area contributed by atoms with Crippen LogP contribution < -0.4 is 20.4 Å². The maximum absolute atomic E-state index is 12.9. The van der Waals surface area contributed by atoms with Crippen LogP contribution in [-0.2, 0) is 17.4 Å². The molecular weight excluding hydrogens is 499 g/mol. The molecule has 0 spiro atoms. The minimum atomic E-state index is -4.54. The number of amidine groups is 1. The lowest BCUT2D eigenvalue weighted by Gasteiger charge is -2.14. The first kappa shape index (κ1) is 26.4. The van der Waals surface area contributed by atoms with Crippen molar-refractivity contribution in [2.75, 3.05) is 11.9 Å². The summed E-state index contributed by atoms with van der Waals surface area (Å²) in [4.78, 5) is 15.3. The summed E-state index contributed by atoms with van der Waals surface area (Å²) in [7, 11) is 0. The third kappa shape index (κ3) is 7.19. The van der Waals surface area contributed by atoms with E-state index in [4.69, 9.17) is 4.52 Å². The van der Waals surface area contributed by atoms with Gasteiger partial charge in [-0.1, -0.05) is 60.7 Å². The van der Waals surface area contributed by atoms with E-state index in [1.165, 1.54) is 29.9 Å². The van der Waals surface area contributed by atoms with E-state index in [9.17, 15) is 23.1 Å². The standard InChI is InChI=1S/C27H24F3N5O3/c1-18(36)31-16-24(14-19-10-12-21(13-11-19)20-6-3-2-4-7-20)35-17-25(38-34-35)33-26(37)32-23-9-5-8-22(15-23)27(28,29)30/h2-13,15,17,24H,14,16H2,1H3,(H2-,31,32,33,34,36,37). The molecule has 3 aromatic carbocycles. The first-order valence-corrected chi connectivity index (χ1v) is 11.6. The molecule has 8 nitrogen and oxygen atoms in total. The molecule has 1 amide bonds. The Balaban J connectivity index is 1.48. The molecule has 0 aliphatic carbocycles. The number of aliphatic imine (C=N–C) groups is 1. The van der Waals surface area contributed by atoms with Gasteiger partial charge in [0.15, 0.2) is 0 Å². The van der Waals surface area contributed by atoms with Crippen molar-refractivity contribution in [1.82, 2.24) is 10.6 Å². The highest BCUT2D eigenvalue weighted by atomic mass is 19.4. The van der Waals surface area contributed by atoms with Crippen LogP contribution in [0.4, 0.5) is 24.7 Å². The highest BCUT2D eigenvalue weighted by molar-refractivity contribution is 5.87. The summed E-state index contributed by atoms with van der Waals surface area (Å²) in [6.45, 7) is 1.64. The van der Waals surface area contributed by atoms with Crippen LogP contribution in [0, 0.1) is 0 Å². The SMILES string of the molecule is CC(=O)NCC(Cc1ccc(-c2ccccc2)cc1)[n+]1cc(N=C([O-])Nc2cccc(C(F)(F)F)c2)on1. The van der Waals surface area contributed by atoms with Crippen molar-refractivity contribution >= 4 is 23.5 Å². The van der Waals surface area contributed by atoms with E-state index in [-0.39, 0.29) is 30.1 Å². The van der Waals surface area contributed by atoms with Gasteiger partial charge in [-0.25, -0.2) is 4.99 Å². The van der Waals surface area contributed by atoms with Crippen molar-refractivity contribution in [1.29, 1.82) is 0 Å². The van der Waals surface area contributed by atoms with Crippen molar-refractivity contribution in [3.8, 4) is 11.1 Å². The van der Waals surface area contributed by atoms with Gasteiger partial charge in [-0.15, -0.1) is 0 Å². The van der Waals surface area contributed by atoms with E-state index in [0.717, 1.165) is 28.8 Å². The van der Waals surface area contributed by atoms with Gasteiger partial charge in [0.25, 0.3) is 6.20 Å². The quantitative estimate of drug-likeness (QED) is 0.206. The Kier molecular flexibility index (Phi) is 8.05. The number of carbonyl (C=O) groups excluding carboxylic acids is 1. The molecule has 4 rings (SSSR count). The van der Waals surface area contributed by atoms with E-state index >= 15 is 0 Å². The number of anilines is 1. The van der Waals surface area contributed by atoms with Crippen molar-refractivity contribution in [3.63, 3.8) is 0 Å². The molecule has 0 saturated heterocycles. The average Bonchev–Trinajstić information content (AvgIpc) is 3.35. The predicted octanol–water partition coefficient (Wildman–Crippen LogP) is 4.03. The second kappa shape index (κ2) is 11.6. The van der Waals surface area contributed by atoms with Crippen LogP contribution in [0.2, 0.25) is 0 Å². The topological polar surface area (TPSA) is 106 Å². The van der Waals surface area contributed by atoms with Crippen LogP contribution in [0.1, 0.15) is 24.1 Å². The molecule has 1 aromatic heterocycles. The van der Waals surface area contributed by atoms with Crippen molar-refractivity contribution in [2.45, 2.75) is 25.6 Å². The van der Waals surface area contributed by atoms with Crippen LogP contribution in [0.5, 0.6) is 0 Å². The lowest BCUT2D eigenvalue weighted by Crippen LogP contribution is -2.47. The van der Waals surface area contributed by atoms with Crippen LogP contribution in [0.3, 0.4) is 0 Å². The number of carbonyl (C=O) groups is 1. The molecule has 1 unspecified atom stereocenters. The summed E-state index contributed by atoms with van der Waals surface area (Å²) >= 11 is 0. The fraction of sp³-hybridized carbons (Fsp3) is 0.185. The van der Waals surface area contributed by atoms with E-state index in [0.29, 0.717) is 6.42 Å². The van der Waals surface area contributed by atoms with Gasteiger partial charge in [0, 0.05) is 19.0 Å². The molecule has 0 aliphatic heterocycles. The Bertz CT molecular complexity index is 1400. The second-order valence-corrected chi connectivity index (χ2v) is 8.50. The van der Waals surface area contributed by atoms with Crippen LogP contribution in [0.25, 0.3) is 11.1 Å². The van der Waals surface area contributed by atoms with Gasteiger partial charge in [0.05, 0.1) is 18.1 Å². The van der Waals surface area contributed by atoms with Gasteiger partial charge in [0.2, 0.25) is 17.2 Å². The highest BCUT2D eigenvalue weighted by Gasteiger charge is 2.30. The third-order valence-electron chi connectivity index (χ3n) is 5.62. The zero-order valence-corrected chi connectivity index (χ0v) is 20.3. The number of amides is 1. The zero-order chi connectivity index (χ0) is 27.1. The van der Waals surface area contributed by atoms with E-state index < -0.39 is 17.8 Å². The molecule has 1 atom stereocenters. The molecule has 4 aromatic rings. The van der Waals surface area contributed by atoms with Gasteiger partial charge in [-0.05, 0) is 39.6 Å². The second-order valence-electron chi connectivity index (χ2n) is 8.50. The summed E-state index contributed by atoms with van der Waals surface area (Å²) < 4.78 is 45.3. The number of aromatic nitrogens is 2. The van der Waals surface area contributed by atoms with Gasteiger partial charge in [0.1, 0.15) is 0 Å². The van der Waals surface area contributed by atoms with Crippen LogP contribution in [-0.4, -0.2) is 23.7 Å². The molecule has 0 radical (unpaired) electrons. The number of halogens is 3. The molecule has 38 heavy (non-hydrogen) atoms. The molecule has 0 fully saturated rings. The summed E-state index contributed by atoms with van der Waals surface area (Å²) in [6, 6.07) is 20.8. The number of benzene rings is 3. The van der Waals surface area contributed by atoms with Gasteiger partial charge in [-0.2, -0.15) is 13.2 Å². The normalized spacial score (nSPS) is 12.7. The van der Waals surface area contributed by atoms with Gasteiger partial charge < -0.3 is 15.7 Å². The third-order valence-corrected chi connectivity index (χ3v) is 5.62. The summed E-state index contributed by atoms with van der Waals surface area (Å²) in [5, 5.41) is 21.2. The smallest absolute Gasteiger partial charge is 0.416 e. The molecule has 0 aliphatic rings. The number of hydrogen-bond acceptors (Lipinski definition) is 5. The molecule has 2 N–H and O–H groups in total. The van der Waals surface area contributed by atoms with Crippen molar-refractivity contribution < 1.29 is 32.3 Å². The monoisotopic (exact) mass is 523 g/mol. The fourth-order valence-corrected chi connectivity index (χ4v) is 3.75. The lowest BCUT2D eigenvalue weighted by molar-refractivity contribution is -0.783. The van der Waals surface area contributed by atoms with Crippen molar-refractivity contribution in [2.24, 2.45) is 4.99 Å². The molecule has 0 bridgehead atoms. The number of alkyl halides is 3. The molecule has 0 saturated carbocycles. The minimum absolute atomic E-state index is 0.0662. The molecular formula is C27H24F3N5O3. The average molecular weight is 524 g/mol. The number of nitrogens with zero attached hydrogens (tertiary/aromatic N) is 3. The number of hydrogen-bond donors (Lipinski definition) is 2. The lowest BCUT2D eigenvalue weighted by atomic mass is 10.0. The minimum Gasteiger partial charge on any atom is -0.846 e. The maximum Gasteiger partial charge on any atom is 0.416 e. The first-order valence-electron chi connectivity index (χ1n) is 11.6. The Morgan fingerprint density at radius 1 is 1.05 bits per heavy atom. The van der Waals surface area contributed by atoms with Gasteiger partial charge in [-0.3, -0.25) is 9.32 Å². The van der Waals surface area contributed by atoms with Crippen molar-refractivity contribution in [3.05, 3.63) is 96.2 Å². The van der Waals surface area contributed by atoms with E-state index in [1.807, 2.05) is 54.6 Å². The predicted molar refractivity (Wildman–Crippen MR) is 132 cm³/mol. The molecule has 1 heterocycles. The number of rotatable bonds is 8. The molecule has 11 heteroatoms. The highest BCUT2D eigenvalue weighted by Crippen LogP contribution is 2.30. The maximum atomic E-state index is 12.9. The van der Waals surface area contributed by atoms with Crippen LogP contribution in [0.15, 0.2) is 94.6 Å². The summed E-state index contributed by atoms with van der Waals surface area (Å²) in [5.74, 6) is -0.370.